The molecule has 1 aliphatic heterocycles. The summed E-state index contributed by atoms with van der Waals surface area (Å²) in [5.74, 6) is -0.284. The molecule has 84 valence electrons. The molecule has 0 atom stereocenters. The maximum Gasteiger partial charge on any atom is 0.165 e. The molecule has 1 saturated heterocycles. The van der Waals surface area contributed by atoms with Gasteiger partial charge in [0.25, 0.3) is 0 Å². The largest absolute Gasteiger partial charge is 0.348 e. The van der Waals surface area contributed by atoms with Crippen molar-refractivity contribution in [3.8, 4) is 0 Å². The van der Waals surface area contributed by atoms with Crippen LogP contribution in [0.3, 0.4) is 0 Å². The molecule has 2 N–H and O–H groups in total. The van der Waals surface area contributed by atoms with Crippen molar-refractivity contribution in [1.29, 1.82) is 0 Å². The van der Waals surface area contributed by atoms with Gasteiger partial charge in [-0.1, -0.05) is 19.3 Å². The van der Waals surface area contributed by atoms with Crippen molar-refractivity contribution in [2.45, 2.75) is 51.2 Å². The summed E-state index contributed by atoms with van der Waals surface area (Å²) in [6.07, 6.45) is 7.19. The van der Waals surface area contributed by atoms with Crippen LogP contribution in [0.15, 0.2) is 0 Å². The molecule has 0 aromatic carbocycles. The van der Waals surface area contributed by atoms with Crippen LogP contribution in [-0.4, -0.2) is 25.5 Å². The molecule has 0 bridgehead atoms. The molecule has 1 rings (SSSR count). The van der Waals surface area contributed by atoms with Crippen LogP contribution in [0, 0.1) is 0 Å². The number of hydrogen-bond donors (Lipinski definition) is 1. The zero-order valence-corrected chi connectivity index (χ0v) is 9.26. The van der Waals surface area contributed by atoms with Crippen LogP contribution in [0.5, 0.6) is 0 Å². The molecule has 1 fully saturated rings. The van der Waals surface area contributed by atoms with Gasteiger partial charge in [0.05, 0.1) is 13.2 Å². The van der Waals surface area contributed by atoms with E-state index in [1.54, 1.807) is 0 Å². The summed E-state index contributed by atoms with van der Waals surface area (Å²) in [5, 5.41) is 0. The van der Waals surface area contributed by atoms with Crippen molar-refractivity contribution in [2.75, 3.05) is 19.8 Å². The van der Waals surface area contributed by atoms with Gasteiger partial charge in [-0.2, -0.15) is 0 Å². The van der Waals surface area contributed by atoms with E-state index in [1.165, 1.54) is 25.7 Å². The summed E-state index contributed by atoms with van der Waals surface area (Å²) in [6, 6.07) is 0. The van der Waals surface area contributed by atoms with Gasteiger partial charge in [-0.15, -0.1) is 0 Å². The summed E-state index contributed by atoms with van der Waals surface area (Å²) >= 11 is 0. The summed E-state index contributed by atoms with van der Waals surface area (Å²) in [6.45, 7) is 4.37. The molecule has 0 amide bonds. The molecule has 3 heteroatoms. The summed E-state index contributed by atoms with van der Waals surface area (Å²) in [7, 11) is 0. The zero-order valence-electron chi connectivity index (χ0n) is 9.26. The first-order chi connectivity index (χ1) is 6.77. The van der Waals surface area contributed by atoms with E-state index < -0.39 is 0 Å². The lowest BCUT2D eigenvalue weighted by molar-refractivity contribution is -0.147. The Bertz CT molecular complexity index is 144. The minimum Gasteiger partial charge on any atom is -0.348 e. The molecule has 1 heterocycles. The minimum absolute atomic E-state index is 0.284. The highest BCUT2D eigenvalue weighted by Crippen LogP contribution is 2.25. The first kappa shape index (κ1) is 12.0. The number of ether oxygens (including phenoxy) is 2. The Morgan fingerprint density at radius 2 is 1.57 bits per heavy atom. The van der Waals surface area contributed by atoms with Crippen LogP contribution in [0.1, 0.15) is 45.4 Å². The molecule has 14 heavy (non-hydrogen) atoms. The second kappa shape index (κ2) is 6.38. The molecule has 0 unspecified atom stereocenters. The van der Waals surface area contributed by atoms with E-state index in [0.717, 1.165) is 32.6 Å². The van der Waals surface area contributed by atoms with E-state index in [-0.39, 0.29) is 5.79 Å². The van der Waals surface area contributed by atoms with Crippen LogP contribution < -0.4 is 5.73 Å². The Balaban J connectivity index is 1.92. The van der Waals surface area contributed by atoms with Gasteiger partial charge in [0.15, 0.2) is 5.79 Å². The SMILES string of the molecule is CC1(CCCCCCCN)OCCO1. The Morgan fingerprint density at radius 1 is 1.00 bits per heavy atom. The van der Waals surface area contributed by atoms with Gasteiger partial charge < -0.3 is 15.2 Å². The van der Waals surface area contributed by atoms with Crippen molar-refractivity contribution in [3.05, 3.63) is 0 Å². The Hall–Kier alpha value is -0.120. The number of rotatable bonds is 7. The number of unbranched alkanes of at least 4 members (excludes halogenated alkanes) is 4. The highest BCUT2D eigenvalue weighted by molar-refractivity contribution is 4.67. The highest BCUT2D eigenvalue weighted by atomic mass is 16.7. The van der Waals surface area contributed by atoms with E-state index in [2.05, 4.69) is 0 Å². The van der Waals surface area contributed by atoms with E-state index in [9.17, 15) is 0 Å². The van der Waals surface area contributed by atoms with Gasteiger partial charge in [-0.05, 0) is 26.3 Å². The summed E-state index contributed by atoms with van der Waals surface area (Å²) in [4.78, 5) is 0. The van der Waals surface area contributed by atoms with Crippen molar-refractivity contribution in [3.63, 3.8) is 0 Å². The average Bonchev–Trinajstić information content (AvgIpc) is 2.59. The van der Waals surface area contributed by atoms with Gasteiger partial charge in [-0.25, -0.2) is 0 Å². The van der Waals surface area contributed by atoms with Gasteiger partial charge >= 0.3 is 0 Å². The van der Waals surface area contributed by atoms with Crippen LogP contribution in [0.4, 0.5) is 0 Å². The molecule has 0 radical (unpaired) electrons. The van der Waals surface area contributed by atoms with Crippen molar-refractivity contribution in [1.82, 2.24) is 0 Å². The van der Waals surface area contributed by atoms with E-state index >= 15 is 0 Å². The van der Waals surface area contributed by atoms with Crippen molar-refractivity contribution >= 4 is 0 Å². The Labute approximate surface area is 86.9 Å². The topological polar surface area (TPSA) is 44.5 Å². The molecule has 3 nitrogen and oxygen atoms in total. The van der Waals surface area contributed by atoms with Crippen LogP contribution in [0.25, 0.3) is 0 Å². The summed E-state index contributed by atoms with van der Waals surface area (Å²) in [5.41, 5.74) is 5.42. The zero-order chi connectivity index (χ0) is 10.3. The number of hydrogen-bond acceptors (Lipinski definition) is 3. The van der Waals surface area contributed by atoms with Gasteiger partial charge in [0.1, 0.15) is 0 Å². The molecular weight excluding hydrogens is 178 g/mol. The van der Waals surface area contributed by atoms with Crippen LogP contribution in [-0.2, 0) is 9.47 Å². The normalized spacial score (nSPS) is 20.1. The fourth-order valence-electron chi connectivity index (χ4n) is 1.82. The van der Waals surface area contributed by atoms with Crippen LogP contribution in [0.2, 0.25) is 0 Å². The third-order valence-corrected chi connectivity index (χ3v) is 2.73. The lowest BCUT2D eigenvalue weighted by atomic mass is 10.1. The van der Waals surface area contributed by atoms with Crippen molar-refractivity contribution < 1.29 is 9.47 Å². The van der Waals surface area contributed by atoms with Gasteiger partial charge in [-0.3, -0.25) is 0 Å². The standard InChI is InChI=1S/C11H23NO2/c1-11(13-9-10-14-11)7-5-3-2-4-6-8-12/h2-10,12H2,1H3. The predicted octanol–water partition coefficient (Wildman–Crippen LogP) is 2.05. The van der Waals surface area contributed by atoms with E-state index in [1.807, 2.05) is 6.92 Å². The Morgan fingerprint density at radius 3 is 2.21 bits per heavy atom. The lowest BCUT2D eigenvalue weighted by Gasteiger charge is -2.21. The van der Waals surface area contributed by atoms with Gasteiger partial charge in [0, 0.05) is 6.42 Å². The monoisotopic (exact) mass is 201 g/mol. The second-order valence-electron chi connectivity index (χ2n) is 4.14. The van der Waals surface area contributed by atoms with Crippen molar-refractivity contribution in [2.24, 2.45) is 5.73 Å². The third-order valence-electron chi connectivity index (χ3n) is 2.73. The maximum atomic E-state index is 5.53. The second-order valence-corrected chi connectivity index (χ2v) is 4.14. The highest BCUT2D eigenvalue weighted by Gasteiger charge is 2.29. The fraction of sp³-hybridized carbons (Fsp3) is 1.00. The first-order valence-corrected chi connectivity index (χ1v) is 5.75. The molecule has 0 spiro atoms. The molecular formula is C11H23NO2. The molecule has 0 aliphatic carbocycles. The first-order valence-electron chi connectivity index (χ1n) is 5.75. The molecule has 0 aromatic rings. The van der Waals surface area contributed by atoms with Gasteiger partial charge in [0.2, 0.25) is 0 Å². The van der Waals surface area contributed by atoms with E-state index in [4.69, 9.17) is 15.2 Å². The fourth-order valence-corrected chi connectivity index (χ4v) is 1.82. The quantitative estimate of drug-likeness (QED) is 0.641. The Kier molecular flexibility index (Phi) is 5.45. The third kappa shape index (κ3) is 4.40. The maximum absolute atomic E-state index is 5.53. The minimum atomic E-state index is -0.284. The average molecular weight is 201 g/mol. The van der Waals surface area contributed by atoms with E-state index in [0.29, 0.717) is 0 Å². The summed E-state index contributed by atoms with van der Waals surface area (Å²) < 4.78 is 11.1. The smallest absolute Gasteiger partial charge is 0.165 e. The van der Waals surface area contributed by atoms with Crippen LogP contribution >= 0.6 is 0 Å². The molecule has 0 saturated carbocycles. The molecule has 1 aliphatic rings. The number of nitrogens with two attached hydrogens (primary N) is 1. The lowest BCUT2D eigenvalue weighted by Crippen LogP contribution is -2.24. The molecule has 0 aromatic heterocycles. The predicted molar refractivity (Wildman–Crippen MR) is 57.1 cm³/mol.